The summed E-state index contributed by atoms with van der Waals surface area (Å²) < 4.78 is 0. The summed E-state index contributed by atoms with van der Waals surface area (Å²) in [4.78, 5) is 22.6. The molecular weight excluding hydrogens is 214 g/mol. The highest BCUT2D eigenvalue weighted by molar-refractivity contribution is 7.99. The summed E-state index contributed by atoms with van der Waals surface area (Å²) in [5.41, 5.74) is 4.51. The maximum absolute atomic E-state index is 11.6. The molecule has 0 bridgehead atoms. The van der Waals surface area contributed by atoms with Gasteiger partial charge < -0.3 is 11.1 Å². The molecule has 15 heavy (non-hydrogen) atoms. The van der Waals surface area contributed by atoms with Crippen LogP contribution in [0.5, 0.6) is 0 Å². The van der Waals surface area contributed by atoms with Crippen LogP contribution in [-0.2, 0) is 9.59 Å². The molecule has 0 radical (unpaired) electrons. The topological polar surface area (TPSA) is 84.2 Å². The lowest BCUT2D eigenvalue weighted by molar-refractivity contribution is -0.127. The standard InChI is InChI=1S/C9H17N3O2S/c1-9(2,8(10)14)4-11-7(13)6-3-15-5-12-6/h6,12H,3-5H2,1-2H3,(H2,10,14)(H,11,13). The van der Waals surface area contributed by atoms with Crippen molar-refractivity contribution in [3.8, 4) is 0 Å². The zero-order valence-corrected chi connectivity index (χ0v) is 9.82. The lowest BCUT2D eigenvalue weighted by atomic mass is 9.93. The molecular formula is C9H17N3O2S. The number of carbonyl (C=O) groups excluding carboxylic acids is 2. The zero-order chi connectivity index (χ0) is 11.5. The molecule has 0 aromatic carbocycles. The van der Waals surface area contributed by atoms with E-state index in [-0.39, 0.29) is 18.5 Å². The van der Waals surface area contributed by atoms with Crippen LogP contribution in [0.25, 0.3) is 0 Å². The average molecular weight is 231 g/mol. The fourth-order valence-electron chi connectivity index (χ4n) is 1.08. The second kappa shape index (κ2) is 4.85. The molecule has 1 aliphatic heterocycles. The maximum Gasteiger partial charge on any atom is 0.238 e. The fraction of sp³-hybridized carbons (Fsp3) is 0.778. The Labute approximate surface area is 93.5 Å². The largest absolute Gasteiger partial charge is 0.369 e. The van der Waals surface area contributed by atoms with Gasteiger partial charge >= 0.3 is 0 Å². The van der Waals surface area contributed by atoms with Crippen molar-refractivity contribution in [2.24, 2.45) is 11.1 Å². The third-order valence-corrected chi connectivity index (χ3v) is 3.34. The van der Waals surface area contributed by atoms with Gasteiger partial charge in [0, 0.05) is 18.2 Å². The van der Waals surface area contributed by atoms with Crippen LogP contribution in [0.4, 0.5) is 0 Å². The number of rotatable bonds is 4. The van der Waals surface area contributed by atoms with Crippen molar-refractivity contribution < 1.29 is 9.59 Å². The van der Waals surface area contributed by atoms with E-state index >= 15 is 0 Å². The molecule has 5 nitrogen and oxygen atoms in total. The Kier molecular flexibility index (Phi) is 3.98. The molecule has 1 saturated heterocycles. The number of nitrogens with two attached hydrogens (primary N) is 1. The molecule has 4 N–H and O–H groups in total. The summed E-state index contributed by atoms with van der Waals surface area (Å²) in [6.07, 6.45) is 0. The van der Waals surface area contributed by atoms with E-state index in [1.807, 2.05) is 0 Å². The van der Waals surface area contributed by atoms with E-state index in [1.54, 1.807) is 25.6 Å². The van der Waals surface area contributed by atoms with Gasteiger partial charge in [-0.25, -0.2) is 0 Å². The molecule has 0 aromatic rings. The lowest BCUT2D eigenvalue weighted by Gasteiger charge is -2.21. The number of hydrogen-bond donors (Lipinski definition) is 3. The third-order valence-electron chi connectivity index (χ3n) is 2.40. The Morgan fingerprint density at radius 2 is 2.27 bits per heavy atom. The number of carbonyl (C=O) groups is 2. The molecule has 1 atom stereocenters. The molecule has 1 aliphatic rings. The van der Waals surface area contributed by atoms with Crippen LogP contribution in [0.3, 0.4) is 0 Å². The summed E-state index contributed by atoms with van der Waals surface area (Å²) in [5, 5.41) is 5.79. The third kappa shape index (κ3) is 3.39. The van der Waals surface area contributed by atoms with Crippen molar-refractivity contribution in [2.45, 2.75) is 19.9 Å². The van der Waals surface area contributed by atoms with Crippen LogP contribution in [0.2, 0.25) is 0 Å². The first-order valence-corrected chi connectivity index (χ1v) is 5.98. The second-order valence-electron chi connectivity index (χ2n) is 4.24. The van der Waals surface area contributed by atoms with Crippen molar-refractivity contribution >= 4 is 23.6 Å². The summed E-state index contributed by atoms with van der Waals surface area (Å²) in [6, 6.07) is -0.140. The predicted octanol–water partition coefficient (Wildman–Crippen LogP) is -0.723. The van der Waals surface area contributed by atoms with E-state index in [9.17, 15) is 9.59 Å². The van der Waals surface area contributed by atoms with Gasteiger partial charge in [-0.2, -0.15) is 0 Å². The van der Waals surface area contributed by atoms with E-state index in [0.29, 0.717) is 0 Å². The maximum atomic E-state index is 11.6. The number of nitrogens with one attached hydrogen (secondary N) is 2. The van der Waals surface area contributed by atoms with Crippen LogP contribution in [-0.4, -0.2) is 36.0 Å². The highest BCUT2D eigenvalue weighted by Gasteiger charge is 2.28. The zero-order valence-electron chi connectivity index (χ0n) is 9.00. The van der Waals surface area contributed by atoms with Crippen LogP contribution in [0.1, 0.15) is 13.8 Å². The fourth-order valence-corrected chi connectivity index (χ4v) is 2.02. The molecule has 1 heterocycles. The summed E-state index contributed by atoms with van der Waals surface area (Å²) >= 11 is 1.69. The first-order chi connectivity index (χ1) is 6.93. The van der Waals surface area contributed by atoms with Gasteiger partial charge in [0.05, 0.1) is 11.5 Å². The summed E-state index contributed by atoms with van der Waals surface area (Å²) in [6.45, 7) is 3.71. The van der Waals surface area contributed by atoms with Crippen LogP contribution in [0, 0.1) is 5.41 Å². The minimum atomic E-state index is -0.693. The summed E-state index contributed by atoms with van der Waals surface area (Å²) in [7, 11) is 0. The monoisotopic (exact) mass is 231 g/mol. The number of amides is 2. The Balaban J connectivity index is 2.36. The number of primary amides is 1. The number of thioether (sulfide) groups is 1. The van der Waals surface area contributed by atoms with Crippen LogP contribution >= 0.6 is 11.8 Å². The Hall–Kier alpha value is -0.750. The molecule has 6 heteroatoms. The van der Waals surface area contributed by atoms with Gasteiger partial charge in [0.25, 0.3) is 0 Å². The smallest absolute Gasteiger partial charge is 0.238 e. The van der Waals surface area contributed by atoms with Gasteiger partial charge in [-0.15, -0.1) is 11.8 Å². The normalized spacial score (nSPS) is 21.3. The lowest BCUT2D eigenvalue weighted by Crippen LogP contribution is -2.48. The first kappa shape index (κ1) is 12.3. The molecule has 2 amide bonds. The van der Waals surface area contributed by atoms with Crippen molar-refractivity contribution in [3.05, 3.63) is 0 Å². The molecule has 0 aliphatic carbocycles. The summed E-state index contributed by atoms with van der Waals surface area (Å²) in [5.74, 6) is 1.12. The van der Waals surface area contributed by atoms with Gasteiger partial charge in [0.2, 0.25) is 11.8 Å². The van der Waals surface area contributed by atoms with Gasteiger partial charge in [-0.05, 0) is 13.8 Å². The molecule has 0 spiro atoms. The van der Waals surface area contributed by atoms with Crippen LogP contribution in [0.15, 0.2) is 0 Å². The molecule has 1 fully saturated rings. The first-order valence-electron chi connectivity index (χ1n) is 4.82. The average Bonchev–Trinajstić information content (AvgIpc) is 2.66. The minimum Gasteiger partial charge on any atom is -0.369 e. The Bertz CT molecular complexity index is 262. The predicted molar refractivity (Wildman–Crippen MR) is 60.2 cm³/mol. The molecule has 86 valence electrons. The molecule has 1 unspecified atom stereocenters. The van der Waals surface area contributed by atoms with Crippen molar-refractivity contribution in [1.29, 1.82) is 0 Å². The van der Waals surface area contributed by atoms with E-state index < -0.39 is 11.3 Å². The van der Waals surface area contributed by atoms with E-state index in [0.717, 1.165) is 11.6 Å². The second-order valence-corrected chi connectivity index (χ2v) is 5.27. The molecule has 1 rings (SSSR count). The van der Waals surface area contributed by atoms with Crippen molar-refractivity contribution in [3.63, 3.8) is 0 Å². The van der Waals surface area contributed by atoms with E-state index in [1.165, 1.54) is 0 Å². The van der Waals surface area contributed by atoms with Crippen molar-refractivity contribution in [1.82, 2.24) is 10.6 Å². The van der Waals surface area contributed by atoms with Crippen LogP contribution < -0.4 is 16.4 Å². The Morgan fingerprint density at radius 3 is 2.73 bits per heavy atom. The molecule has 0 saturated carbocycles. The highest BCUT2D eigenvalue weighted by Crippen LogP contribution is 2.13. The van der Waals surface area contributed by atoms with Gasteiger partial charge in [0.1, 0.15) is 0 Å². The highest BCUT2D eigenvalue weighted by atomic mass is 32.2. The van der Waals surface area contributed by atoms with E-state index in [2.05, 4.69) is 10.6 Å². The van der Waals surface area contributed by atoms with Crippen molar-refractivity contribution in [2.75, 3.05) is 18.2 Å². The van der Waals surface area contributed by atoms with Gasteiger partial charge in [0.15, 0.2) is 0 Å². The molecule has 0 aromatic heterocycles. The van der Waals surface area contributed by atoms with Gasteiger partial charge in [-0.3, -0.25) is 14.9 Å². The SMILES string of the molecule is CC(C)(CNC(=O)C1CSCN1)C(N)=O. The van der Waals surface area contributed by atoms with E-state index in [4.69, 9.17) is 5.73 Å². The number of hydrogen-bond acceptors (Lipinski definition) is 4. The Morgan fingerprint density at radius 1 is 1.60 bits per heavy atom. The minimum absolute atomic E-state index is 0.0608. The van der Waals surface area contributed by atoms with Gasteiger partial charge in [-0.1, -0.05) is 0 Å². The quantitative estimate of drug-likeness (QED) is 0.596.